The zero-order chi connectivity index (χ0) is 11.4. The van der Waals surface area contributed by atoms with Crippen molar-refractivity contribution in [2.24, 2.45) is 7.05 Å². The molecule has 1 aromatic rings. The maximum atomic E-state index is 11.8. The van der Waals surface area contributed by atoms with Gasteiger partial charge in [-0.1, -0.05) is 6.42 Å². The number of rotatable bonds is 3. The highest BCUT2D eigenvalue weighted by Crippen LogP contribution is 2.07. The fourth-order valence-electron chi connectivity index (χ4n) is 2.06. The van der Waals surface area contributed by atoms with Gasteiger partial charge in [-0.2, -0.15) is 0 Å². The molecule has 0 spiro atoms. The molecule has 1 atom stereocenters. The Bertz CT molecular complexity index is 353. The van der Waals surface area contributed by atoms with Crippen molar-refractivity contribution in [1.29, 1.82) is 0 Å². The zero-order valence-corrected chi connectivity index (χ0v) is 9.70. The molecule has 0 unspecified atom stereocenters. The molecule has 2 N–H and O–H groups in total. The summed E-state index contributed by atoms with van der Waals surface area (Å²) in [5, 5.41) is 6.22. The number of carbonyl (C=O) groups excluding carboxylic acids is 1. The minimum atomic E-state index is 0.00835. The van der Waals surface area contributed by atoms with Crippen LogP contribution in [0.3, 0.4) is 0 Å². The van der Waals surface area contributed by atoms with Crippen LogP contribution in [-0.4, -0.2) is 23.1 Å². The average molecular weight is 221 g/mol. The molecule has 1 aliphatic heterocycles. The van der Waals surface area contributed by atoms with Gasteiger partial charge in [0.1, 0.15) is 0 Å². The summed E-state index contributed by atoms with van der Waals surface area (Å²) >= 11 is 0. The molecule has 0 radical (unpaired) electrons. The van der Waals surface area contributed by atoms with Crippen LogP contribution in [0, 0.1) is 0 Å². The largest absolute Gasteiger partial charge is 0.353 e. The summed E-state index contributed by atoms with van der Waals surface area (Å²) in [7, 11) is 1.99. The third kappa shape index (κ3) is 2.64. The number of nitrogens with one attached hydrogen (secondary N) is 2. The normalized spacial score (nSPS) is 20.7. The van der Waals surface area contributed by atoms with E-state index in [1.165, 1.54) is 6.42 Å². The molecule has 1 aromatic heterocycles. The Balaban J connectivity index is 1.81. The minimum Gasteiger partial charge on any atom is -0.353 e. The number of amides is 1. The summed E-state index contributed by atoms with van der Waals surface area (Å²) in [6.45, 7) is 1.57. The molecule has 1 amide bonds. The molecule has 4 nitrogen and oxygen atoms in total. The first-order valence-corrected chi connectivity index (χ1v) is 5.88. The molecule has 2 heterocycles. The van der Waals surface area contributed by atoms with Crippen molar-refractivity contribution in [3.63, 3.8) is 0 Å². The van der Waals surface area contributed by atoms with E-state index >= 15 is 0 Å². The Labute approximate surface area is 96.0 Å². The first-order chi connectivity index (χ1) is 7.77. The Kier molecular flexibility index (Phi) is 3.62. The third-order valence-corrected chi connectivity index (χ3v) is 3.12. The van der Waals surface area contributed by atoms with E-state index in [4.69, 9.17) is 0 Å². The van der Waals surface area contributed by atoms with Gasteiger partial charge in [-0.3, -0.25) is 4.79 Å². The third-order valence-electron chi connectivity index (χ3n) is 3.12. The second kappa shape index (κ2) is 5.16. The minimum absolute atomic E-state index is 0.00835. The van der Waals surface area contributed by atoms with Gasteiger partial charge in [-0.15, -0.1) is 0 Å². The summed E-state index contributed by atoms with van der Waals surface area (Å²) in [5.41, 5.74) is 1.13. The van der Waals surface area contributed by atoms with Gasteiger partial charge < -0.3 is 15.2 Å². The van der Waals surface area contributed by atoms with E-state index in [1.807, 2.05) is 29.9 Å². The smallest absolute Gasteiger partial charge is 0.237 e. The van der Waals surface area contributed by atoms with Crippen molar-refractivity contribution in [3.8, 4) is 0 Å². The van der Waals surface area contributed by atoms with E-state index in [-0.39, 0.29) is 11.9 Å². The number of aryl methyl sites for hydroxylation is 1. The first-order valence-electron chi connectivity index (χ1n) is 5.88. The van der Waals surface area contributed by atoms with Crippen LogP contribution in [0.25, 0.3) is 0 Å². The lowest BCUT2D eigenvalue weighted by Gasteiger charge is -2.22. The van der Waals surface area contributed by atoms with Crippen molar-refractivity contribution in [3.05, 3.63) is 24.0 Å². The zero-order valence-electron chi connectivity index (χ0n) is 9.70. The summed E-state index contributed by atoms with van der Waals surface area (Å²) < 4.78 is 2.02. The van der Waals surface area contributed by atoms with Gasteiger partial charge in [-0.05, 0) is 31.5 Å². The molecule has 1 saturated heterocycles. The van der Waals surface area contributed by atoms with E-state index in [0.29, 0.717) is 6.54 Å². The standard InChI is InChI=1S/C12H19N3O/c1-15-8-4-5-10(15)9-14-12(16)11-6-2-3-7-13-11/h4-5,8,11,13H,2-3,6-7,9H2,1H3,(H,14,16)/t11-/m0/s1. The average Bonchev–Trinajstić information content (AvgIpc) is 2.73. The van der Waals surface area contributed by atoms with Crippen molar-refractivity contribution in [1.82, 2.24) is 15.2 Å². The second-order valence-electron chi connectivity index (χ2n) is 4.33. The first kappa shape index (κ1) is 11.2. The molecule has 1 aliphatic rings. The number of hydrogen-bond acceptors (Lipinski definition) is 2. The number of nitrogens with zero attached hydrogens (tertiary/aromatic N) is 1. The quantitative estimate of drug-likeness (QED) is 0.792. The molecule has 0 saturated carbocycles. The summed E-state index contributed by atoms with van der Waals surface area (Å²) in [5.74, 6) is 0.126. The van der Waals surface area contributed by atoms with Gasteiger partial charge >= 0.3 is 0 Å². The number of hydrogen-bond donors (Lipinski definition) is 2. The van der Waals surface area contributed by atoms with Gasteiger partial charge in [0.25, 0.3) is 0 Å². The fourth-order valence-corrected chi connectivity index (χ4v) is 2.06. The van der Waals surface area contributed by atoms with Crippen LogP contribution >= 0.6 is 0 Å². The SMILES string of the molecule is Cn1cccc1CNC(=O)[C@@H]1CCCCN1. The fraction of sp³-hybridized carbons (Fsp3) is 0.583. The highest BCUT2D eigenvalue weighted by Gasteiger charge is 2.19. The predicted octanol–water partition coefficient (Wildman–Crippen LogP) is 0.783. The molecule has 88 valence electrons. The van der Waals surface area contributed by atoms with E-state index in [2.05, 4.69) is 10.6 Å². The van der Waals surface area contributed by atoms with Crippen molar-refractivity contribution >= 4 is 5.91 Å². The molecule has 4 heteroatoms. The Hall–Kier alpha value is -1.29. The van der Waals surface area contributed by atoms with Gasteiger partial charge in [0.15, 0.2) is 0 Å². The lowest BCUT2D eigenvalue weighted by molar-refractivity contribution is -0.123. The predicted molar refractivity (Wildman–Crippen MR) is 62.9 cm³/mol. The Morgan fingerprint density at radius 2 is 2.50 bits per heavy atom. The van der Waals surface area contributed by atoms with Crippen LogP contribution in [0.15, 0.2) is 18.3 Å². The van der Waals surface area contributed by atoms with Crippen LogP contribution in [0.1, 0.15) is 25.0 Å². The lowest BCUT2D eigenvalue weighted by atomic mass is 10.0. The van der Waals surface area contributed by atoms with Crippen LogP contribution in [0.4, 0.5) is 0 Å². The Morgan fingerprint density at radius 1 is 1.62 bits per heavy atom. The van der Waals surface area contributed by atoms with Gasteiger partial charge in [-0.25, -0.2) is 0 Å². The Morgan fingerprint density at radius 3 is 3.12 bits per heavy atom. The van der Waals surface area contributed by atoms with Crippen LogP contribution in [0.5, 0.6) is 0 Å². The highest BCUT2D eigenvalue weighted by atomic mass is 16.2. The van der Waals surface area contributed by atoms with Crippen LogP contribution < -0.4 is 10.6 Å². The van der Waals surface area contributed by atoms with E-state index in [9.17, 15) is 4.79 Å². The second-order valence-corrected chi connectivity index (χ2v) is 4.33. The molecule has 0 aromatic carbocycles. The molecular formula is C12H19N3O. The number of piperidine rings is 1. The molecule has 2 rings (SSSR count). The van der Waals surface area contributed by atoms with Crippen molar-refractivity contribution < 1.29 is 4.79 Å². The van der Waals surface area contributed by atoms with E-state index in [1.54, 1.807) is 0 Å². The topological polar surface area (TPSA) is 46.1 Å². The van der Waals surface area contributed by atoms with Crippen molar-refractivity contribution in [2.75, 3.05) is 6.54 Å². The molecule has 0 aliphatic carbocycles. The van der Waals surface area contributed by atoms with E-state index < -0.39 is 0 Å². The van der Waals surface area contributed by atoms with Crippen molar-refractivity contribution in [2.45, 2.75) is 31.8 Å². The highest BCUT2D eigenvalue weighted by molar-refractivity contribution is 5.81. The number of carbonyl (C=O) groups is 1. The number of aromatic nitrogens is 1. The van der Waals surface area contributed by atoms with Gasteiger partial charge in [0.2, 0.25) is 5.91 Å². The van der Waals surface area contributed by atoms with Crippen LogP contribution in [-0.2, 0) is 18.4 Å². The summed E-state index contributed by atoms with van der Waals surface area (Å²) in [6.07, 6.45) is 5.27. The molecule has 16 heavy (non-hydrogen) atoms. The van der Waals surface area contributed by atoms with Crippen LogP contribution in [0.2, 0.25) is 0 Å². The summed E-state index contributed by atoms with van der Waals surface area (Å²) in [6, 6.07) is 4.02. The van der Waals surface area contributed by atoms with E-state index in [0.717, 1.165) is 25.1 Å². The molecule has 1 fully saturated rings. The monoisotopic (exact) mass is 221 g/mol. The van der Waals surface area contributed by atoms with Gasteiger partial charge in [0.05, 0.1) is 12.6 Å². The maximum absolute atomic E-state index is 11.8. The van der Waals surface area contributed by atoms with Gasteiger partial charge in [0, 0.05) is 18.9 Å². The lowest BCUT2D eigenvalue weighted by Crippen LogP contribution is -2.46. The summed E-state index contributed by atoms with van der Waals surface area (Å²) in [4.78, 5) is 11.8. The molecular weight excluding hydrogens is 202 g/mol. The maximum Gasteiger partial charge on any atom is 0.237 e. The molecule has 0 bridgehead atoms.